The van der Waals surface area contributed by atoms with E-state index in [1.54, 1.807) is 54.5 Å². The number of halogens is 1. The Morgan fingerprint density at radius 3 is 2.84 bits per heavy atom. The molecule has 0 radical (unpaired) electrons. The Balaban J connectivity index is 2.15. The standard InChI is InChI=1S/C14H14ClN3O/c1-18(14(19)13-4-2-3-7-17-13)9-10-8-11(16)5-6-12(10)15/h2-8H,9,16H2,1H3. The fraction of sp³-hybridized carbons (Fsp3) is 0.143. The first-order chi connectivity index (χ1) is 9.08. The number of rotatable bonds is 3. The van der Waals surface area contributed by atoms with Crippen LogP contribution in [0.25, 0.3) is 0 Å². The van der Waals surface area contributed by atoms with Crippen LogP contribution in [0.15, 0.2) is 42.6 Å². The number of nitrogen functional groups attached to an aromatic ring is 1. The maximum Gasteiger partial charge on any atom is 0.272 e. The Labute approximate surface area is 116 Å². The second kappa shape index (κ2) is 5.71. The van der Waals surface area contributed by atoms with Gasteiger partial charge in [0.1, 0.15) is 5.69 Å². The highest BCUT2D eigenvalue weighted by molar-refractivity contribution is 6.31. The van der Waals surface area contributed by atoms with Gasteiger partial charge in [0.2, 0.25) is 0 Å². The number of carbonyl (C=O) groups excluding carboxylic acids is 1. The van der Waals surface area contributed by atoms with E-state index in [-0.39, 0.29) is 5.91 Å². The molecule has 0 aliphatic carbocycles. The number of nitrogens with two attached hydrogens (primary N) is 1. The molecule has 19 heavy (non-hydrogen) atoms. The molecule has 0 atom stereocenters. The van der Waals surface area contributed by atoms with Gasteiger partial charge >= 0.3 is 0 Å². The van der Waals surface area contributed by atoms with Gasteiger partial charge in [-0.15, -0.1) is 0 Å². The van der Waals surface area contributed by atoms with Crippen LogP contribution in [0, 0.1) is 0 Å². The van der Waals surface area contributed by atoms with Crippen molar-refractivity contribution in [1.82, 2.24) is 9.88 Å². The summed E-state index contributed by atoms with van der Waals surface area (Å²) in [5.74, 6) is -0.154. The predicted octanol–water partition coefficient (Wildman–Crippen LogP) is 2.59. The summed E-state index contributed by atoms with van der Waals surface area (Å²) in [5.41, 5.74) is 7.56. The number of aromatic nitrogens is 1. The van der Waals surface area contributed by atoms with Crippen molar-refractivity contribution in [2.24, 2.45) is 0 Å². The Hall–Kier alpha value is -2.07. The highest BCUT2D eigenvalue weighted by Crippen LogP contribution is 2.20. The van der Waals surface area contributed by atoms with Crippen LogP contribution in [0.2, 0.25) is 5.02 Å². The van der Waals surface area contributed by atoms with E-state index in [4.69, 9.17) is 17.3 Å². The van der Waals surface area contributed by atoms with E-state index in [2.05, 4.69) is 4.98 Å². The van der Waals surface area contributed by atoms with E-state index in [9.17, 15) is 4.79 Å². The van der Waals surface area contributed by atoms with E-state index in [0.717, 1.165) is 5.56 Å². The topological polar surface area (TPSA) is 59.2 Å². The van der Waals surface area contributed by atoms with E-state index >= 15 is 0 Å². The van der Waals surface area contributed by atoms with Gasteiger partial charge in [-0.1, -0.05) is 17.7 Å². The second-order valence-electron chi connectivity index (χ2n) is 4.23. The fourth-order valence-electron chi connectivity index (χ4n) is 1.73. The van der Waals surface area contributed by atoms with Crippen molar-refractivity contribution in [3.8, 4) is 0 Å². The summed E-state index contributed by atoms with van der Waals surface area (Å²) in [7, 11) is 1.70. The number of anilines is 1. The van der Waals surface area contributed by atoms with Gasteiger partial charge in [0.05, 0.1) is 0 Å². The van der Waals surface area contributed by atoms with Crippen LogP contribution in [-0.4, -0.2) is 22.8 Å². The first kappa shape index (κ1) is 13.4. The Bertz CT molecular complexity index is 586. The molecule has 5 heteroatoms. The summed E-state index contributed by atoms with van der Waals surface area (Å²) >= 11 is 6.08. The molecule has 0 fully saturated rings. The number of carbonyl (C=O) groups is 1. The molecule has 1 aromatic heterocycles. The molecule has 2 N–H and O–H groups in total. The third kappa shape index (κ3) is 3.23. The number of benzene rings is 1. The number of nitrogens with zero attached hydrogens (tertiary/aromatic N) is 2. The van der Waals surface area contributed by atoms with Gasteiger partial charge in [-0.2, -0.15) is 0 Å². The van der Waals surface area contributed by atoms with Crippen LogP contribution >= 0.6 is 11.6 Å². The van der Waals surface area contributed by atoms with Crippen molar-refractivity contribution >= 4 is 23.2 Å². The largest absolute Gasteiger partial charge is 0.399 e. The molecule has 0 aliphatic rings. The minimum absolute atomic E-state index is 0.154. The van der Waals surface area contributed by atoms with Crippen molar-refractivity contribution in [1.29, 1.82) is 0 Å². The lowest BCUT2D eigenvalue weighted by Gasteiger charge is -2.17. The lowest BCUT2D eigenvalue weighted by molar-refractivity contribution is 0.0779. The molecule has 0 bridgehead atoms. The highest BCUT2D eigenvalue weighted by atomic mass is 35.5. The average molecular weight is 276 g/mol. The maximum atomic E-state index is 12.1. The van der Waals surface area contributed by atoms with Crippen molar-refractivity contribution in [2.75, 3.05) is 12.8 Å². The molecule has 98 valence electrons. The molecule has 0 saturated carbocycles. The van der Waals surface area contributed by atoms with Crippen molar-refractivity contribution in [3.05, 3.63) is 58.9 Å². The quantitative estimate of drug-likeness (QED) is 0.876. The zero-order valence-corrected chi connectivity index (χ0v) is 11.3. The second-order valence-corrected chi connectivity index (χ2v) is 4.63. The van der Waals surface area contributed by atoms with Crippen LogP contribution < -0.4 is 5.73 Å². The number of amides is 1. The molecule has 1 aromatic carbocycles. The van der Waals surface area contributed by atoms with Crippen LogP contribution in [0.4, 0.5) is 5.69 Å². The van der Waals surface area contributed by atoms with Gasteiger partial charge in [-0.3, -0.25) is 9.78 Å². The molecule has 1 heterocycles. The predicted molar refractivity (Wildman–Crippen MR) is 75.9 cm³/mol. The average Bonchev–Trinajstić information content (AvgIpc) is 2.43. The molecule has 0 aliphatic heterocycles. The molecule has 0 saturated heterocycles. The lowest BCUT2D eigenvalue weighted by atomic mass is 10.2. The summed E-state index contributed by atoms with van der Waals surface area (Å²) < 4.78 is 0. The molecular weight excluding hydrogens is 262 g/mol. The van der Waals surface area contributed by atoms with Crippen molar-refractivity contribution in [3.63, 3.8) is 0 Å². The van der Waals surface area contributed by atoms with Gasteiger partial charge in [-0.05, 0) is 35.9 Å². The van der Waals surface area contributed by atoms with E-state index < -0.39 is 0 Å². The highest BCUT2D eigenvalue weighted by Gasteiger charge is 2.14. The van der Waals surface area contributed by atoms with E-state index in [1.165, 1.54) is 0 Å². The van der Waals surface area contributed by atoms with Crippen molar-refractivity contribution < 1.29 is 4.79 Å². The normalized spacial score (nSPS) is 10.2. The number of pyridine rings is 1. The molecule has 1 amide bonds. The molecule has 2 rings (SSSR count). The molecule has 0 spiro atoms. The molecule has 4 nitrogen and oxygen atoms in total. The summed E-state index contributed by atoms with van der Waals surface area (Å²) in [6, 6.07) is 10.5. The van der Waals surface area contributed by atoms with Gasteiger partial charge in [0.25, 0.3) is 5.91 Å². The number of hydrogen-bond acceptors (Lipinski definition) is 3. The monoisotopic (exact) mass is 275 g/mol. The van der Waals surface area contributed by atoms with Gasteiger partial charge in [0, 0.05) is 30.5 Å². The lowest BCUT2D eigenvalue weighted by Crippen LogP contribution is -2.27. The zero-order chi connectivity index (χ0) is 13.8. The third-order valence-electron chi connectivity index (χ3n) is 2.71. The van der Waals surface area contributed by atoms with Crippen LogP contribution in [0.3, 0.4) is 0 Å². The summed E-state index contributed by atoms with van der Waals surface area (Å²) in [6.45, 7) is 0.388. The van der Waals surface area contributed by atoms with Gasteiger partial charge < -0.3 is 10.6 Å². The Morgan fingerprint density at radius 2 is 2.16 bits per heavy atom. The van der Waals surface area contributed by atoms with Gasteiger partial charge in [0.15, 0.2) is 0 Å². The maximum absolute atomic E-state index is 12.1. The fourth-order valence-corrected chi connectivity index (χ4v) is 1.91. The van der Waals surface area contributed by atoms with E-state index in [1.807, 2.05) is 0 Å². The van der Waals surface area contributed by atoms with Crippen LogP contribution in [0.5, 0.6) is 0 Å². The van der Waals surface area contributed by atoms with E-state index in [0.29, 0.717) is 22.9 Å². The zero-order valence-electron chi connectivity index (χ0n) is 10.5. The molecular formula is C14H14ClN3O. The Kier molecular flexibility index (Phi) is 4.02. The SMILES string of the molecule is CN(Cc1cc(N)ccc1Cl)C(=O)c1ccccn1. The van der Waals surface area contributed by atoms with Gasteiger partial charge in [-0.25, -0.2) is 0 Å². The molecule has 2 aromatic rings. The first-order valence-corrected chi connectivity index (χ1v) is 6.16. The Morgan fingerprint density at radius 1 is 1.37 bits per heavy atom. The number of hydrogen-bond donors (Lipinski definition) is 1. The minimum Gasteiger partial charge on any atom is -0.399 e. The third-order valence-corrected chi connectivity index (χ3v) is 3.08. The van der Waals surface area contributed by atoms with Crippen molar-refractivity contribution in [2.45, 2.75) is 6.54 Å². The first-order valence-electron chi connectivity index (χ1n) is 5.78. The smallest absolute Gasteiger partial charge is 0.272 e. The summed E-state index contributed by atoms with van der Waals surface area (Å²) in [6.07, 6.45) is 1.59. The summed E-state index contributed by atoms with van der Waals surface area (Å²) in [5, 5.41) is 0.592. The summed E-state index contributed by atoms with van der Waals surface area (Å²) in [4.78, 5) is 17.7. The van der Waals surface area contributed by atoms with Crippen LogP contribution in [0.1, 0.15) is 16.1 Å². The molecule has 0 unspecified atom stereocenters. The van der Waals surface area contributed by atoms with Crippen LogP contribution in [-0.2, 0) is 6.54 Å². The minimum atomic E-state index is -0.154.